The van der Waals surface area contributed by atoms with E-state index < -0.39 is 0 Å². The van der Waals surface area contributed by atoms with Gasteiger partial charge in [-0.2, -0.15) is 0 Å². The maximum atomic E-state index is 13.1. The molecule has 0 aliphatic carbocycles. The van der Waals surface area contributed by atoms with E-state index in [9.17, 15) is 9.59 Å². The normalized spacial score (nSPS) is 11.3. The van der Waals surface area contributed by atoms with Crippen LogP contribution in [0, 0.1) is 0 Å². The largest absolute Gasteiger partial charge is 0.465 e. The molecule has 0 N–H and O–H groups in total. The van der Waals surface area contributed by atoms with E-state index in [4.69, 9.17) is 4.74 Å². The van der Waals surface area contributed by atoms with Gasteiger partial charge >= 0.3 is 5.97 Å². The molecule has 0 fully saturated rings. The second kappa shape index (κ2) is 9.34. The molecule has 0 amide bonds. The third-order valence-corrected chi connectivity index (χ3v) is 6.21. The summed E-state index contributed by atoms with van der Waals surface area (Å²) in [7, 11) is 1.37. The molecular weight excluding hydrogens is 412 g/mol. The Morgan fingerprint density at radius 3 is 2.58 bits per heavy atom. The highest BCUT2D eigenvalue weighted by atomic mass is 32.2. The number of fused-ring (bicyclic) bond motifs is 3. The third-order valence-electron chi connectivity index (χ3n) is 5.21. The SMILES string of the molecule is CCCCCn1c(=O)c2ccccc2n2c(SCc3ccc(C(=O)OC)cc3)nnc12. The average Bonchev–Trinajstić information content (AvgIpc) is 3.23. The number of rotatable bonds is 8. The highest BCUT2D eigenvalue weighted by Gasteiger charge is 2.16. The van der Waals surface area contributed by atoms with E-state index in [1.165, 1.54) is 7.11 Å². The lowest BCUT2D eigenvalue weighted by Gasteiger charge is -2.11. The number of unbranched alkanes of at least 4 members (excludes halogenated alkanes) is 2. The number of aromatic nitrogens is 4. The van der Waals surface area contributed by atoms with Crippen LogP contribution in [0.1, 0.15) is 42.1 Å². The van der Waals surface area contributed by atoms with E-state index >= 15 is 0 Å². The zero-order valence-electron chi connectivity index (χ0n) is 17.6. The van der Waals surface area contributed by atoms with Gasteiger partial charge in [0.05, 0.1) is 23.6 Å². The van der Waals surface area contributed by atoms with Crippen molar-refractivity contribution >= 4 is 34.4 Å². The fourth-order valence-corrected chi connectivity index (χ4v) is 4.45. The molecule has 4 aromatic rings. The van der Waals surface area contributed by atoms with Crippen LogP contribution >= 0.6 is 11.8 Å². The second-order valence-electron chi connectivity index (χ2n) is 7.28. The first kappa shape index (κ1) is 21.1. The van der Waals surface area contributed by atoms with Gasteiger partial charge in [0.25, 0.3) is 5.56 Å². The molecule has 2 heterocycles. The summed E-state index contributed by atoms with van der Waals surface area (Å²) in [4.78, 5) is 24.7. The monoisotopic (exact) mass is 436 g/mol. The van der Waals surface area contributed by atoms with Crippen molar-refractivity contribution in [1.29, 1.82) is 0 Å². The topological polar surface area (TPSA) is 78.5 Å². The molecule has 0 unspecified atom stereocenters. The Labute approximate surface area is 184 Å². The molecule has 0 saturated heterocycles. The van der Waals surface area contributed by atoms with Crippen LogP contribution in [0.15, 0.2) is 58.5 Å². The lowest BCUT2D eigenvalue weighted by atomic mass is 10.1. The predicted octanol–water partition coefficient (Wildman–Crippen LogP) is 4.31. The van der Waals surface area contributed by atoms with Crippen LogP contribution in [0.2, 0.25) is 0 Å². The molecular formula is C23H24N4O3S. The highest BCUT2D eigenvalue weighted by molar-refractivity contribution is 7.98. The van der Waals surface area contributed by atoms with Crippen molar-refractivity contribution in [3.05, 3.63) is 70.0 Å². The minimum Gasteiger partial charge on any atom is -0.465 e. The zero-order chi connectivity index (χ0) is 21.8. The Kier molecular flexibility index (Phi) is 6.36. The van der Waals surface area contributed by atoms with Gasteiger partial charge in [0.15, 0.2) is 5.16 Å². The first-order valence-electron chi connectivity index (χ1n) is 10.3. The van der Waals surface area contributed by atoms with Gasteiger partial charge in [-0.1, -0.05) is 55.8 Å². The van der Waals surface area contributed by atoms with E-state index in [0.717, 1.165) is 35.5 Å². The van der Waals surface area contributed by atoms with Gasteiger partial charge in [-0.05, 0) is 36.2 Å². The van der Waals surface area contributed by atoms with Gasteiger partial charge in [-0.15, -0.1) is 10.2 Å². The molecule has 0 saturated carbocycles. The summed E-state index contributed by atoms with van der Waals surface area (Å²) in [5.41, 5.74) is 2.35. The quantitative estimate of drug-likeness (QED) is 0.233. The number of hydrogen-bond acceptors (Lipinski definition) is 6. The number of hydrogen-bond donors (Lipinski definition) is 0. The molecule has 2 aromatic carbocycles. The van der Waals surface area contributed by atoms with E-state index in [1.807, 2.05) is 40.8 Å². The number of ether oxygens (including phenoxy) is 1. The van der Waals surface area contributed by atoms with Crippen molar-refractivity contribution < 1.29 is 9.53 Å². The van der Waals surface area contributed by atoms with Crippen LogP contribution in [0.25, 0.3) is 16.7 Å². The lowest BCUT2D eigenvalue weighted by Crippen LogP contribution is -2.23. The maximum Gasteiger partial charge on any atom is 0.337 e. The van der Waals surface area contributed by atoms with Gasteiger partial charge < -0.3 is 4.74 Å². The Morgan fingerprint density at radius 2 is 1.84 bits per heavy atom. The van der Waals surface area contributed by atoms with Crippen LogP contribution in [-0.2, 0) is 17.0 Å². The molecule has 0 atom stereocenters. The average molecular weight is 437 g/mol. The van der Waals surface area contributed by atoms with E-state index in [-0.39, 0.29) is 11.5 Å². The number of para-hydroxylation sites is 1. The number of thioether (sulfide) groups is 1. The minimum absolute atomic E-state index is 0.0263. The fraction of sp³-hybridized carbons (Fsp3) is 0.304. The number of aryl methyl sites for hydroxylation is 1. The summed E-state index contributed by atoms with van der Waals surface area (Å²) >= 11 is 1.55. The third kappa shape index (κ3) is 4.20. The number of carbonyl (C=O) groups is 1. The second-order valence-corrected chi connectivity index (χ2v) is 8.22. The number of esters is 1. The predicted molar refractivity (Wildman–Crippen MR) is 122 cm³/mol. The van der Waals surface area contributed by atoms with Crippen LogP contribution in [0.5, 0.6) is 0 Å². The van der Waals surface area contributed by atoms with Crippen molar-refractivity contribution in [3.8, 4) is 0 Å². The van der Waals surface area contributed by atoms with Gasteiger partial charge in [0.1, 0.15) is 0 Å². The molecule has 8 heteroatoms. The summed E-state index contributed by atoms with van der Waals surface area (Å²) < 4.78 is 8.45. The number of benzene rings is 2. The van der Waals surface area contributed by atoms with Crippen molar-refractivity contribution in [2.45, 2.75) is 43.6 Å². The molecule has 31 heavy (non-hydrogen) atoms. The van der Waals surface area contributed by atoms with Crippen molar-refractivity contribution in [1.82, 2.24) is 19.2 Å². The van der Waals surface area contributed by atoms with E-state index in [1.54, 1.807) is 28.5 Å². The van der Waals surface area contributed by atoms with Crippen molar-refractivity contribution in [2.75, 3.05) is 7.11 Å². The Bertz CT molecular complexity index is 1280. The molecule has 160 valence electrons. The Morgan fingerprint density at radius 1 is 1.06 bits per heavy atom. The molecule has 0 bridgehead atoms. The Balaban J connectivity index is 1.69. The summed E-state index contributed by atoms with van der Waals surface area (Å²) in [6.07, 6.45) is 3.07. The maximum absolute atomic E-state index is 13.1. The van der Waals surface area contributed by atoms with Gasteiger partial charge in [-0.3, -0.25) is 13.8 Å². The highest BCUT2D eigenvalue weighted by Crippen LogP contribution is 2.25. The van der Waals surface area contributed by atoms with Gasteiger partial charge in [0.2, 0.25) is 5.78 Å². The molecule has 0 radical (unpaired) electrons. The smallest absolute Gasteiger partial charge is 0.337 e. The molecule has 0 spiro atoms. The standard InChI is InChI=1S/C23H24N4O3S/c1-3-4-7-14-26-20(28)18-8-5-6-9-19(18)27-22(26)24-25-23(27)31-15-16-10-12-17(13-11-16)21(29)30-2/h5-6,8-13H,3-4,7,14-15H2,1-2H3. The van der Waals surface area contributed by atoms with Crippen LogP contribution in [0.4, 0.5) is 0 Å². The summed E-state index contributed by atoms with van der Waals surface area (Å²) in [5, 5.41) is 10.1. The number of nitrogens with zero attached hydrogens (tertiary/aromatic N) is 4. The molecule has 4 rings (SSSR count). The summed E-state index contributed by atoms with van der Waals surface area (Å²) in [5.74, 6) is 0.879. The van der Waals surface area contributed by atoms with Gasteiger partial charge in [0, 0.05) is 12.3 Å². The summed E-state index contributed by atoms with van der Waals surface area (Å²) in [6, 6.07) is 14.9. The van der Waals surface area contributed by atoms with Crippen LogP contribution in [0.3, 0.4) is 0 Å². The molecule has 0 aliphatic heterocycles. The molecule has 2 aromatic heterocycles. The fourth-order valence-electron chi connectivity index (χ4n) is 3.55. The van der Waals surface area contributed by atoms with E-state index in [0.29, 0.717) is 29.0 Å². The van der Waals surface area contributed by atoms with E-state index in [2.05, 4.69) is 17.1 Å². The summed E-state index contributed by atoms with van der Waals surface area (Å²) in [6.45, 7) is 2.76. The number of carbonyl (C=O) groups excluding carboxylic acids is 1. The Hall–Kier alpha value is -3.13. The number of methoxy groups -OCH3 is 1. The van der Waals surface area contributed by atoms with Crippen molar-refractivity contribution in [3.63, 3.8) is 0 Å². The first-order valence-corrected chi connectivity index (χ1v) is 11.3. The zero-order valence-corrected chi connectivity index (χ0v) is 18.4. The van der Waals surface area contributed by atoms with Crippen molar-refractivity contribution in [2.24, 2.45) is 0 Å². The lowest BCUT2D eigenvalue weighted by molar-refractivity contribution is 0.0600. The van der Waals surface area contributed by atoms with Crippen LogP contribution in [-0.4, -0.2) is 32.2 Å². The molecule has 7 nitrogen and oxygen atoms in total. The minimum atomic E-state index is -0.352. The molecule has 0 aliphatic rings. The van der Waals surface area contributed by atoms with Crippen LogP contribution < -0.4 is 5.56 Å². The first-order chi connectivity index (χ1) is 15.1. The van der Waals surface area contributed by atoms with Gasteiger partial charge in [-0.25, -0.2) is 4.79 Å².